The van der Waals surface area contributed by atoms with E-state index in [-0.39, 0.29) is 0 Å². The average molecular weight is 239 g/mol. The zero-order chi connectivity index (χ0) is 11.5. The van der Waals surface area contributed by atoms with Crippen molar-refractivity contribution in [3.63, 3.8) is 0 Å². The van der Waals surface area contributed by atoms with Gasteiger partial charge in [0.15, 0.2) is 0 Å². The van der Waals surface area contributed by atoms with Crippen LogP contribution in [0.25, 0.3) is 0 Å². The first-order valence-corrected chi connectivity index (χ1v) is 6.42. The number of aromatic nitrogens is 1. The standard InChI is InChI=1S/C13H19ClN2/c1-9(11-4-3-5-11)16-10(2)12-6-7-13(14)15-8-12/h6-11,16H,3-5H2,1-2H3. The molecule has 3 heteroatoms. The van der Waals surface area contributed by atoms with Crippen molar-refractivity contribution in [3.05, 3.63) is 29.0 Å². The summed E-state index contributed by atoms with van der Waals surface area (Å²) >= 11 is 5.77. The third-order valence-corrected chi connectivity index (χ3v) is 3.84. The lowest BCUT2D eigenvalue weighted by Crippen LogP contribution is -2.38. The summed E-state index contributed by atoms with van der Waals surface area (Å²) in [6.07, 6.45) is 6.00. The lowest BCUT2D eigenvalue weighted by atomic mass is 9.80. The molecule has 2 rings (SSSR count). The Bertz CT molecular complexity index is 332. The van der Waals surface area contributed by atoms with Gasteiger partial charge in [-0.15, -0.1) is 0 Å². The highest BCUT2D eigenvalue weighted by atomic mass is 35.5. The molecule has 1 N–H and O–H groups in total. The Morgan fingerprint density at radius 1 is 1.38 bits per heavy atom. The van der Waals surface area contributed by atoms with E-state index in [9.17, 15) is 0 Å². The van der Waals surface area contributed by atoms with E-state index in [4.69, 9.17) is 11.6 Å². The zero-order valence-electron chi connectivity index (χ0n) is 9.91. The Kier molecular flexibility index (Phi) is 3.82. The maximum absolute atomic E-state index is 5.77. The van der Waals surface area contributed by atoms with Crippen LogP contribution in [0.4, 0.5) is 0 Å². The van der Waals surface area contributed by atoms with E-state index in [0.29, 0.717) is 17.2 Å². The van der Waals surface area contributed by atoms with E-state index >= 15 is 0 Å². The van der Waals surface area contributed by atoms with Crippen molar-refractivity contribution in [1.82, 2.24) is 10.3 Å². The van der Waals surface area contributed by atoms with Crippen molar-refractivity contribution in [2.45, 2.75) is 45.2 Å². The second kappa shape index (κ2) is 5.15. The van der Waals surface area contributed by atoms with Crippen LogP contribution < -0.4 is 5.32 Å². The van der Waals surface area contributed by atoms with Gasteiger partial charge < -0.3 is 5.32 Å². The van der Waals surface area contributed by atoms with E-state index in [2.05, 4.69) is 24.1 Å². The molecule has 1 aliphatic carbocycles. The number of rotatable bonds is 4. The van der Waals surface area contributed by atoms with Gasteiger partial charge in [0.05, 0.1) is 0 Å². The van der Waals surface area contributed by atoms with E-state index < -0.39 is 0 Å². The highest BCUT2D eigenvalue weighted by molar-refractivity contribution is 6.29. The van der Waals surface area contributed by atoms with Gasteiger partial charge in [0, 0.05) is 18.3 Å². The molecule has 88 valence electrons. The van der Waals surface area contributed by atoms with Crippen molar-refractivity contribution in [2.24, 2.45) is 5.92 Å². The van der Waals surface area contributed by atoms with Crippen molar-refractivity contribution in [2.75, 3.05) is 0 Å². The molecule has 16 heavy (non-hydrogen) atoms. The van der Waals surface area contributed by atoms with Crippen molar-refractivity contribution >= 4 is 11.6 Å². The van der Waals surface area contributed by atoms with E-state index in [1.165, 1.54) is 24.8 Å². The molecule has 2 atom stereocenters. The van der Waals surface area contributed by atoms with Crippen LogP contribution in [-0.4, -0.2) is 11.0 Å². The minimum Gasteiger partial charge on any atom is -0.307 e. The first-order chi connectivity index (χ1) is 7.66. The van der Waals surface area contributed by atoms with E-state index in [1.54, 1.807) is 0 Å². The molecule has 0 saturated heterocycles. The number of pyridine rings is 1. The van der Waals surface area contributed by atoms with Gasteiger partial charge in [0.1, 0.15) is 5.15 Å². The minimum atomic E-state index is 0.348. The average Bonchev–Trinajstić information content (AvgIpc) is 2.15. The van der Waals surface area contributed by atoms with Crippen LogP contribution in [0.2, 0.25) is 5.15 Å². The van der Waals surface area contributed by atoms with Crippen molar-refractivity contribution in [1.29, 1.82) is 0 Å². The maximum Gasteiger partial charge on any atom is 0.129 e. The quantitative estimate of drug-likeness (QED) is 0.812. The molecule has 1 saturated carbocycles. The fourth-order valence-corrected chi connectivity index (χ4v) is 2.32. The fraction of sp³-hybridized carbons (Fsp3) is 0.615. The SMILES string of the molecule is CC(NC(C)C1CCC1)c1ccc(Cl)nc1. The molecule has 1 aromatic rings. The first kappa shape index (κ1) is 11.9. The molecule has 0 radical (unpaired) electrons. The summed E-state index contributed by atoms with van der Waals surface area (Å²) in [6.45, 7) is 4.46. The summed E-state index contributed by atoms with van der Waals surface area (Å²) in [5.41, 5.74) is 1.20. The summed E-state index contributed by atoms with van der Waals surface area (Å²) in [5, 5.41) is 4.19. The molecule has 0 spiro atoms. The first-order valence-electron chi connectivity index (χ1n) is 6.04. The molecule has 0 amide bonds. The van der Waals surface area contributed by atoms with Gasteiger partial charge in [-0.2, -0.15) is 0 Å². The molecular formula is C13H19ClN2. The van der Waals surface area contributed by atoms with E-state index in [0.717, 1.165) is 5.92 Å². The summed E-state index contributed by atoms with van der Waals surface area (Å²) in [7, 11) is 0. The van der Waals surface area contributed by atoms with Gasteiger partial charge >= 0.3 is 0 Å². The van der Waals surface area contributed by atoms with Crippen molar-refractivity contribution in [3.8, 4) is 0 Å². The molecule has 2 unspecified atom stereocenters. The van der Waals surface area contributed by atoms with Gasteiger partial charge in [-0.3, -0.25) is 0 Å². The summed E-state index contributed by atoms with van der Waals surface area (Å²) in [4.78, 5) is 4.11. The number of hydrogen-bond acceptors (Lipinski definition) is 2. The van der Waals surface area contributed by atoms with Crippen LogP contribution in [-0.2, 0) is 0 Å². The maximum atomic E-state index is 5.77. The van der Waals surface area contributed by atoms with Gasteiger partial charge in [-0.05, 0) is 44.2 Å². The highest BCUT2D eigenvalue weighted by Gasteiger charge is 2.24. The van der Waals surface area contributed by atoms with Gasteiger partial charge in [-0.1, -0.05) is 24.1 Å². The normalized spacial score (nSPS) is 20.2. The third kappa shape index (κ3) is 2.74. The predicted octanol–water partition coefficient (Wildman–Crippen LogP) is 3.57. The monoisotopic (exact) mass is 238 g/mol. The number of halogens is 1. The van der Waals surface area contributed by atoms with E-state index in [1.807, 2.05) is 18.3 Å². The van der Waals surface area contributed by atoms with Gasteiger partial charge in [-0.25, -0.2) is 4.98 Å². The molecule has 1 aromatic heterocycles. The largest absolute Gasteiger partial charge is 0.307 e. The summed E-state index contributed by atoms with van der Waals surface area (Å²) in [5.74, 6) is 0.864. The van der Waals surface area contributed by atoms with Crippen LogP contribution in [0.1, 0.15) is 44.7 Å². The fourth-order valence-electron chi connectivity index (χ4n) is 2.21. The lowest BCUT2D eigenvalue weighted by molar-refractivity contribution is 0.229. The highest BCUT2D eigenvalue weighted by Crippen LogP contribution is 2.30. The zero-order valence-corrected chi connectivity index (χ0v) is 10.7. The Morgan fingerprint density at radius 2 is 2.12 bits per heavy atom. The summed E-state index contributed by atoms with van der Waals surface area (Å²) in [6, 6.07) is 4.84. The Hall–Kier alpha value is -0.600. The number of hydrogen-bond donors (Lipinski definition) is 1. The van der Waals surface area contributed by atoms with Crippen molar-refractivity contribution < 1.29 is 0 Å². The molecule has 0 aromatic carbocycles. The molecule has 1 fully saturated rings. The predicted molar refractivity (Wildman–Crippen MR) is 67.6 cm³/mol. The van der Waals surface area contributed by atoms with Gasteiger partial charge in [0.2, 0.25) is 0 Å². The topological polar surface area (TPSA) is 24.9 Å². The molecule has 1 aliphatic rings. The van der Waals surface area contributed by atoms with Crippen LogP contribution in [0.15, 0.2) is 18.3 Å². The minimum absolute atomic E-state index is 0.348. The van der Waals surface area contributed by atoms with Crippen LogP contribution >= 0.6 is 11.6 Å². The van der Waals surface area contributed by atoms with Crippen LogP contribution in [0.5, 0.6) is 0 Å². The van der Waals surface area contributed by atoms with Gasteiger partial charge in [0.25, 0.3) is 0 Å². The molecule has 0 bridgehead atoms. The third-order valence-electron chi connectivity index (χ3n) is 3.62. The Balaban J connectivity index is 1.91. The molecular weight excluding hydrogens is 220 g/mol. The summed E-state index contributed by atoms with van der Waals surface area (Å²) < 4.78 is 0. The van der Waals surface area contributed by atoms with Crippen LogP contribution in [0.3, 0.4) is 0 Å². The smallest absolute Gasteiger partial charge is 0.129 e. The number of nitrogens with zero attached hydrogens (tertiary/aromatic N) is 1. The number of nitrogens with one attached hydrogen (secondary N) is 1. The Morgan fingerprint density at radius 3 is 2.62 bits per heavy atom. The molecule has 0 aliphatic heterocycles. The van der Waals surface area contributed by atoms with Crippen LogP contribution in [0, 0.1) is 5.92 Å². The molecule has 1 heterocycles. The Labute approximate surface area is 102 Å². The molecule has 2 nitrogen and oxygen atoms in total. The second-order valence-electron chi connectivity index (χ2n) is 4.78. The lowest BCUT2D eigenvalue weighted by Gasteiger charge is -2.34. The second-order valence-corrected chi connectivity index (χ2v) is 5.17.